The van der Waals surface area contributed by atoms with Crippen LogP contribution in [0.4, 0.5) is 0 Å². The molecular formula is C21H15N3O2. The molecule has 0 aliphatic rings. The van der Waals surface area contributed by atoms with E-state index in [1.54, 1.807) is 24.3 Å². The summed E-state index contributed by atoms with van der Waals surface area (Å²) < 4.78 is 5.25. The maximum atomic E-state index is 12.2. The summed E-state index contributed by atoms with van der Waals surface area (Å²) in [6.45, 7) is 3.72. The van der Waals surface area contributed by atoms with E-state index >= 15 is 0 Å². The van der Waals surface area contributed by atoms with Gasteiger partial charge >= 0.3 is 5.97 Å². The highest BCUT2D eigenvalue weighted by Crippen LogP contribution is 2.17. The summed E-state index contributed by atoms with van der Waals surface area (Å²) in [7, 11) is 0. The first kappa shape index (κ1) is 17.1. The average molecular weight is 341 g/mol. The molecule has 2 aromatic carbocycles. The zero-order valence-corrected chi connectivity index (χ0v) is 13.9. The second kappa shape index (κ2) is 7.86. The highest BCUT2D eigenvalue weighted by Gasteiger charge is 2.11. The molecule has 0 radical (unpaired) electrons. The molecule has 5 nitrogen and oxygen atoms in total. The maximum Gasteiger partial charge on any atom is 0.346 e. The molecule has 0 spiro atoms. The first-order chi connectivity index (χ1) is 12.7. The van der Waals surface area contributed by atoms with Crippen molar-refractivity contribution in [3.05, 3.63) is 90.3 Å². The maximum absolute atomic E-state index is 12.2. The monoisotopic (exact) mass is 341 g/mol. The van der Waals surface area contributed by atoms with Gasteiger partial charge in [0.2, 0.25) is 0 Å². The number of carbonyl (C=O) groups excluding carboxylic acids is 1. The molecule has 3 rings (SSSR count). The molecule has 0 fully saturated rings. The molecule has 1 aromatic heterocycles. The molecule has 1 heterocycles. The summed E-state index contributed by atoms with van der Waals surface area (Å²) in [5.74, 6) is 0.337. The molecular weight excluding hydrogens is 326 g/mol. The summed E-state index contributed by atoms with van der Waals surface area (Å²) in [6.07, 6.45) is 5.53. The van der Waals surface area contributed by atoms with Gasteiger partial charge in [-0.3, -0.25) is 0 Å². The molecule has 126 valence electrons. The van der Waals surface area contributed by atoms with Crippen LogP contribution < -0.4 is 4.74 Å². The van der Waals surface area contributed by atoms with Gasteiger partial charge in [0, 0.05) is 18.0 Å². The van der Waals surface area contributed by atoms with Gasteiger partial charge in [0.25, 0.3) is 0 Å². The molecule has 26 heavy (non-hydrogen) atoms. The second-order valence-corrected chi connectivity index (χ2v) is 5.51. The standard InChI is InChI=1S/C21H15N3O2/c1-2-3-15-4-8-17(9-5-15)20-23-13-18(14-24-20)21(25)26-19-10-6-16(12-22)7-11-19/h2,4-11,13-14H,1,3H2. The predicted octanol–water partition coefficient (Wildman–Crippen LogP) is 3.96. The van der Waals surface area contributed by atoms with Crippen molar-refractivity contribution in [2.75, 3.05) is 0 Å². The van der Waals surface area contributed by atoms with Crippen LogP contribution in [0.3, 0.4) is 0 Å². The Morgan fingerprint density at radius 3 is 2.31 bits per heavy atom. The quantitative estimate of drug-likeness (QED) is 0.399. The van der Waals surface area contributed by atoms with Crippen molar-refractivity contribution >= 4 is 5.97 Å². The molecule has 3 aromatic rings. The van der Waals surface area contributed by atoms with Gasteiger partial charge in [-0.1, -0.05) is 30.3 Å². The number of ether oxygens (including phenoxy) is 1. The van der Waals surface area contributed by atoms with Crippen molar-refractivity contribution in [2.45, 2.75) is 6.42 Å². The van der Waals surface area contributed by atoms with E-state index in [9.17, 15) is 4.79 Å². The summed E-state index contributed by atoms with van der Waals surface area (Å²) in [6, 6.07) is 16.2. The van der Waals surface area contributed by atoms with Crippen molar-refractivity contribution in [1.82, 2.24) is 9.97 Å². The van der Waals surface area contributed by atoms with Crippen molar-refractivity contribution in [3.63, 3.8) is 0 Å². The zero-order valence-electron chi connectivity index (χ0n) is 13.9. The molecule has 0 amide bonds. The summed E-state index contributed by atoms with van der Waals surface area (Å²) in [4.78, 5) is 20.6. The molecule has 0 N–H and O–H groups in total. The molecule has 0 saturated heterocycles. The molecule has 0 bridgehead atoms. The Kier molecular flexibility index (Phi) is 5.16. The predicted molar refractivity (Wildman–Crippen MR) is 97.5 cm³/mol. The summed E-state index contributed by atoms with van der Waals surface area (Å²) in [5, 5.41) is 8.77. The minimum absolute atomic E-state index is 0.251. The normalized spacial score (nSPS) is 9.96. The Morgan fingerprint density at radius 1 is 1.08 bits per heavy atom. The number of carbonyl (C=O) groups is 1. The topological polar surface area (TPSA) is 75.9 Å². The van der Waals surface area contributed by atoms with E-state index < -0.39 is 5.97 Å². The Bertz CT molecular complexity index is 954. The van der Waals surface area contributed by atoms with Gasteiger partial charge in [0.1, 0.15) is 5.75 Å². The molecule has 0 aliphatic carbocycles. The van der Waals surface area contributed by atoms with E-state index in [4.69, 9.17) is 10.00 Å². The van der Waals surface area contributed by atoms with E-state index in [0.717, 1.165) is 17.5 Å². The SMILES string of the molecule is C=CCc1ccc(-c2ncc(C(=O)Oc3ccc(C#N)cc3)cn2)cc1. The van der Waals surface area contributed by atoms with Gasteiger partial charge in [0.15, 0.2) is 5.82 Å². The summed E-state index contributed by atoms with van der Waals surface area (Å²) in [5.41, 5.74) is 2.77. The zero-order chi connectivity index (χ0) is 18.4. The number of allylic oxidation sites excluding steroid dienone is 1. The number of hydrogen-bond donors (Lipinski definition) is 0. The van der Waals surface area contributed by atoms with Gasteiger partial charge in [0.05, 0.1) is 17.2 Å². The second-order valence-electron chi connectivity index (χ2n) is 5.51. The third-order valence-corrected chi connectivity index (χ3v) is 3.67. The van der Waals surface area contributed by atoms with Gasteiger partial charge in [-0.05, 0) is 36.2 Å². The molecule has 0 unspecified atom stereocenters. The smallest absolute Gasteiger partial charge is 0.346 e. The highest BCUT2D eigenvalue weighted by molar-refractivity contribution is 5.90. The minimum atomic E-state index is -0.553. The van der Waals surface area contributed by atoms with E-state index in [-0.39, 0.29) is 5.56 Å². The van der Waals surface area contributed by atoms with Crippen LogP contribution in [0, 0.1) is 11.3 Å². The fraction of sp³-hybridized carbons (Fsp3) is 0.0476. The van der Waals surface area contributed by atoms with Gasteiger partial charge in [-0.2, -0.15) is 5.26 Å². The molecule has 0 saturated carbocycles. The first-order valence-electron chi connectivity index (χ1n) is 7.94. The highest BCUT2D eigenvalue weighted by atomic mass is 16.5. The molecule has 5 heteroatoms. The fourth-order valence-electron chi connectivity index (χ4n) is 2.30. The lowest BCUT2D eigenvalue weighted by molar-refractivity contribution is 0.0734. The van der Waals surface area contributed by atoms with E-state index in [1.807, 2.05) is 36.4 Å². The van der Waals surface area contributed by atoms with Crippen LogP contribution >= 0.6 is 0 Å². The lowest BCUT2D eigenvalue weighted by Crippen LogP contribution is -2.09. The lowest BCUT2D eigenvalue weighted by atomic mass is 10.1. The van der Waals surface area contributed by atoms with Crippen molar-refractivity contribution in [1.29, 1.82) is 5.26 Å². The van der Waals surface area contributed by atoms with Gasteiger partial charge < -0.3 is 4.74 Å². The van der Waals surface area contributed by atoms with Crippen LogP contribution in [0.25, 0.3) is 11.4 Å². The largest absolute Gasteiger partial charge is 0.423 e. The third kappa shape index (κ3) is 4.00. The van der Waals surface area contributed by atoms with Crippen LogP contribution in [0.2, 0.25) is 0 Å². The van der Waals surface area contributed by atoms with Crippen molar-refractivity contribution in [3.8, 4) is 23.2 Å². The number of nitriles is 1. The van der Waals surface area contributed by atoms with Crippen LogP contribution in [0.15, 0.2) is 73.6 Å². The van der Waals surface area contributed by atoms with E-state index in [1.165, 1.54) is 12.4 Å². The van der Waals surface area contributed by atoms with Gasteiger partial charge in [-0.25, -0.2) is 14.8 Å². The molecule has 0 aliphatic heterocycles. The number of hydrogen-bond acceptors (Lipinski definition) is 5. The first-order valence-corrected chi connectivity index (χ1v) is 7.94. The number of nitrogens with zero attached hydrogens (tertiary/aromatic N) is 3. The third-order valence-electron chi connectivity index (χ3n) is 3.67. The van der Waals surface area contributed by atoms with Crippen LogP contribution in [-0.4, -0.2) is 15.9 Å². The Hall–Kier alpha value is -3.78. The molecule has 0 atom stereocenters. The number of aromatic nitrogens is 2. The van der Waals surface area contributed by atoms with Gasteiger partial charge in [-0.15, -0.1) is 6.58 Å². The average Bonchev–Trinajstić information content (AvgIpc) is 2.69. The number of benzene rings is 2. The Labute approximate surface area is 151 Å². The van der Waals surface area contributed by atoms with Crippen LogP contribution in [-0.2, 0) is 6.42 Å². The van der Waals surface area contributed by atoms with Crippen molar-refractivity contribution in [2.24, 2.45) is 0 Å². The fourth-order valence-corrected chi connectivity index (χ4v) is 2.30. The lowest BCUT2D eigenvalue weighted by Gasteiger charge is -2.05. The van der Waals surface area contributed by atoms with E-state index in [2.05, 4.69) is 16.5 Å². The van der Waals surface area contributed by atoms with Crippen LogP contribution in [0.1, 0.15) is 21.5 Å². The Morgan fingerprint density at radius 2 is 1.73 bits per heavy atom. The van der Waals surface area contributed by atoms with Crippen molar-refractivity contribution < 1.29 is 9.53 Å². The van der Waals surface area contributed by atoms with E-state index in [0.29, 0.717) is 17.1 Å². The Balaban J connectivity index is 1.70. The minimum Gasteiger partial charge on any atom is -0.423 e. The summed E-state index contributed by atoms with van der Waals surface area (Å²) >= 11 is 0. The van der Waals surface area contributed by atoms with Crippen LogP contribution in [0.5, 0.6) is 5.75 Å². The number of esters is 1. The number of rotatable bonds is 5.